The molecular weight excluding hydrogens is 348 g/mol. The predicted molar refractivity (Wildman–Crippen MR) is 80.4 cm³/mol. The maximum absolute atomic E-state index is 13.1. The van der Waals surface area contributed by atoms with Crippen molar-refractivity contribution in [3.05, 3.63) is 46.8 Å². The van der Waals surface area contributed by atoms with Crippen molar-refractivity contribution in [2.75, 3.05) is 11.1 Å². The number of nitrogen functional groups attached to an aromatic ring is 1. The van der Waals surface area contributed by atoms with E-state index < -0.39 is 29.2 Å². The summed E-state index contributed by atoms with van der Waals surface area (Å²) in [5.74, 6) is 0. The Kier molecular flexibility index (Phi) is 4.04. The zero-order valence-electron chi connectivity index (χ0n) is 12.7. The Bertz CT molecular complexity index is 775. The molecule has 0 saturated heterocycles. The summed E-state index contributed by atoms with van der Waals surface area (Å²) in [5, 5.41) is 2.66. The van der Waals surface area contributed by atoms with Crippen molar-refractivity contribution in [3.8, 4) is 0 Å². The van der Waals surface area contributed by atoms with Crippen LogP contribution in [0.5, 0.6) is 0 Å². The van der Waals surface area contributed by atoms with Crippen molar-refractivity contribution in [2.24, 2.45) is 0 Å². The number of hydrogen-bond acceptors (Lipinski definition) is 3. The molecule has 0 radical (unpaired) electrons. The van der Waals surface area contributed by atoms with E-state index in [-0.39, 0.29) is 5.69 Å². The van der Waals surface area contributed by atoms with Crippen LogP contribution < -0.4 is 11.1 Å². The Balaban J connectivity index is 2.09. The topological polar surface area (TPSA) is 50.9 Å². The lowest BCUT2D eigenvalue weighted by Gasteiger charge is -2.19. The van der Waals surface area contributed by atoms with Crippen molar-refractivity contribution in [1.29, 1.82) is 0 Å². The molecule has 2 aromatic rings. The molecule has 0 amide bonds. The highest BCUT2D eigenvalue weighted by molar-refractivity contribution is 5.70. The number of hydrogen-bond donors (Lipinski definition) is 2. The summed E-state index contributed by atoms with van der Waals surface area (Å²) >= 11 is 0. The first-order chi connectivity index (χ1) is 11.6. The van der Waals surface area contributed by atoms with Gasteiger partial charge >= 0.3 is 12.4 Å². The van der Waals surface area contributed by atoms with E-state index in [1.807, 2.05) is 0 Å². The van der Waals surface area contributed by atoms with Crippen LogP contribution >= 0.6 is 0 Å². The normalized spacial score (nSPS) is 14.5. The number of pyridine rings is 1. The molecule has 1 aromatic heterocycles. The first-order valence-corrected chi connectivity index (χ1v) is 7.39. The maximum Gasteiger partial charge on any atom is 0.418 e. The number of rotatable bonds is 2. The summed E-state index contributed by atoms with van der Waals surface area (Å²) in [7, 11) is 0. The Morgan fingerprint density at radius 1 is 0.960 bits per heavy atom. The van der Waals surface area contributed by atoms with Crippen LogP contribution in [0.4, 0.5) is 43.4 Å². The Labute approximate surface area is 138 Å². The summed E-state index contributed by atoms with van der Waals surface area (Å²) in [6.07, 6.45) is -6.29. The van der Waals surface area contributed by atoms with E-state index in [1.54, 1.807) is 0 Å². The maximum atomic E-state index is 13.1. The number of alkyl halides is 6. The molecule has 0 saturated carbocycles. The second-order valence-corrected chi connectivity index (χ2v) is 5.74. The van der Waals surface area contributed by atoms with Gasteiger partial charge in [0.25, 0.3) is 0 Å². The number of nitrogens with zero attached hydrogens (tertiary/aromatic N) is 1. The quantitative estimate of drug-likeness (QED) is 0.589. The van der Waals surface area contributed by atoms with Crippen LogP contribution in [0.2, 0.25) is 0 Å². The van der Waals surface area contributed by atoms with Gasteiger partial charge in [0.05, 0.1) is 16.8 Å². The molecular formula is C16H13F6N3. The molecule has 1 aromatic carbocycles. The zero-order chi connectivity index (χ0) is 18.4. The molecule has 3 nitrogen and oxygen atoms in total. The van der Waals surface area contributed by atoms with Gasteiger partial charge < -0.3 is 11.1 Å². The van der Waals surface area contributed by atoms with Crippen LogP contribution in [0.25, 0.3) is 0 Å². The van der Waals surface area contributed by atoms with Gasteiger partial charge in [0.1, 0.15) is 0 Å². The highest BCUT2D eigenvalue weighted by Gasteiger charge is 2.40. The fourth-order valence-corrected chi connectivity index (χ4v) is 2.93. The summed E-state index contributed by atoms with van der Waals surface area (Å²) in [4.78, 5) is 4.17. The molecule has 25 heavy (non-hydrogen) atoms. The van der Waals surface area contributed by atoms with Gasteiger partial charge in [-0.25, -0.2) is 0 Å². The van der Waals surface area contributed by atoms with Crippen LogP contribution in [0.1, 0.15) is 28.8 Å². The van der Waals surface area contributed by atoms with Gasteiger partial charge in [-0.15, -0.1) is 0 Å². The monoisotopic (exact) mass is 361 g/mol. The lowest BCUT2D eigenvalue weighted by atomic mass is 10.0. The van der Waals surface area contributed by atoms with Crippen molar-refractivity contribution in [1.82, 2.24) is 4.98 Å². The van der Waals surface area contributed by atoms with Crippen LogP contribution in [-0.2, 0) is 25.2 Å². The van der Waals surface area contributed by atoms with Gasteiger partial charge in [0.15, 0.2) is 0 Å². The second-order valence-electron chi connectivity index (χ2n) is 5.74. The van der Waals surface area contributed by atoms with E-state index in [4.69, 9.17) is 5.73 Å². The lowest BCUT2D eigenvalue weighted by molar-refractivity contribution is -0.141. The fraction of sp³-hybridized carbons (Fsp3) is 0.312. The highest BCUT2D eigenvalue weighted by Crippen LogP contribution is 2.43. The largest absolute Gasteiger partial charge is 0.418 e. The van der Waals surface area contributed by atoms with E-state index in [2.05, 4.69) is 10.3 Å². The Morgan fingerprint density at radius 3 is 2.12 bits per heavy atom. The Morgan fingerprint density at radius 2 is 1.56 bits per heavy atom. The van der Waals surface area contributed by atoms with Crippen LogP contribution in [0.15, 0.2) is 24.4 Å². The average Bonchev–Trinajstić information content (AvgIpc) is 2.96. The van der Waals surface area contributed by atoms with E-state index >= 15 is 0 Å². The highest BCUT2D eigenvalue weighted by atomic mass is 19.4. The third kappa shape index (κ3) is 3.35. The van der Waals surface area contributed by atoms with E-state index in [0.717, 1.165) is 24.1 Å². The van der Waals surface area contributed by atoms with Crippen molar-refractivity contribution < 1.29 is 26.3 Å². The van der Waals surface area contributed by atoms with E-state index in [1.165, 1.54) is 12.3 Å². The van der Waals surface area contributed by atoms with Crippen LogP contribution in [-0.4, -0.2) is 4.98 Å². The molecule has 1 aliphatic carbocycles. The van der Waals surface area contributed by atoms with Crippen molar-refractivity contribution in [2.45, 2.75) is 31.6 Å². The van der Waals surface area contributed by atoms with Crippen LogP contribution in [0.3, 0.4) is 0 Å². The number of halogens is 6. The SMILES string of the molecule is Nc1c(C(F)(F)F)cc(Nc2ccnc3c2CCC3)cc1C(F)(F)F. The molecule has 1 aliphatic rings. The fourth-order valence-electron chi connectivity index (χ4n) is 2.93. The number of benzene rings is 1. The molecule has 134 valence electrons. The first kappa shape index (κ1) is 17.4. The minimum absolute atomic E-state index is 0.325. The molecule has 0 fully saturated rings. The van der Waals surface area contributed by atoms with E-state index in [0.29, 0.717) is 24.2 Å². The molecule has 0 aliphatic heterocycles. The Hall–Kier alpha value is -2.45. The van der Waals surface area contributed by atoms with Gasteiger partial charge in [0.2, 0.25) is 0 Å². The molecule has 3 rings (SSSR count). The number of aryl methyl sites for hydroxylation is 1. The van der Waals surface area contributed by atoms with Gasteiger partial charge in [-0.2, -0.15) is 26.3 Å². The molecule has 1 heterocycles. The zero-order valence-corrected chi connectivity index (χ0v) is 12.7. The smallest absolute Gasteiger partial charge is 0.398 e. The number of fused-ring (bicyclic) bond motifs is 1. The number of aromatic nitrogens is 1. The summed E-state index contributed by atoms with van der Waals surface area (Å²) < 4.78 is 78.4. The second kappa shape index (κ2) is 5.82. The third-order valence-electron chi connectivity index (χ3n) is 4.06. The van der Waals surface area contributed by atoms with Gasteiger partial charge in [-0.1, -0.05) is 0 Å². The van der Waals surface area contributed by atoms with Gasteiger partial charge in [0, 0.05) is 23.3 Å². The molecule has 0 atom stereocenters. The summed E-state index contributed by atoms with van der Waals surface area (Å²) in [6, 6.07) is 2.71. The molecule has 0 bridgehead atoms. The minimum atomic E-state index is -5.00. The molecule has 0 unspecified atom stereocenters. The van der Waals surface area contributed by atoms with Gasteiger partial charge in [-0.3, -0.25) is 4.98 Å². The van der Waals surface area contributed by atoms with Crippen molar-refractivity contribution in [3.63, 3.8) is 0 Å². The number of nitrogens with two attached hydrogens (primary N) is 1. The summed E-state index contributed by atoms with van der Waals surface area (Å²) in [5.41, 5.74) is 2.50. The first-order valence-electron chi connectivity index (χ1n) is 7.39. The predicted octanol–water partition coefficient (Wildman–Crippen LogP) is 4.93. The molecule has 0 spiro atoms. The third-order valence-corrected chi connectivity index (χ3v) is 4.06. The number of nitrogens with one attached hydrogen (secondary N) is 1. The van der Waals surface area contributed by atoms with Crippen LogP contribution in [0, 0.1) is 0 Å². The van der Waals surface area contributed by atoms with Crippen molar-refractivity contribution >= 4 is 17.1 Å². The summed E-state index contributed by atoms with van der Waals surface area (Å²) in [6.45, 7) is 0. The standard InChI is InChI=1S/C16H13F6N3/c17-15(18,19)10-6-8(7-11(14(10)23)16(20,21)22)25-13-4-5-24-12-3-1-2-9(12)13/h4-7H,1-3,23H2,(H,24,25). The van der Waals surface area contributed by atoms with E-state index in [9.17, 15) is 26.3 Å². The molecule has 3 N–H and O–H groups in total. The van der Waals surface area contributed by atoms with Gasteiger partial charge in [-0.05, 0) is 43.0 Å². The average molecular weight is 361 g/mol. The molecule has 9 heteroatoms. The lowest BCUT2D eigenvalue weighted by Crippen LogP contribution is -2.16. The number of anilines is 3. The minimum Gasteiger partial charge on any atom is -0.398 e.